The maximum absolute atomic E-state index is 14.1. The second kappa shape index (κ2) is 25.8. The Kier molecular flexibility index (Phi) is 20.0. The molecule has 0 saturated carbocycles. The third-order valence-corrected chi connectivity index (χ3v) is 10.8. The van der Waals surface area contributed by atoms with Crippen LogP contribution in [0.1, 0.15) is 76.3 Å². The summed E-state index contributed by atoms with van der Waals surface area (Å²) in [5, 5.41) is 29.8. The summed E-state index contributed by atoms with van der Waals surface area (Å²) in [5.74, 6) is 3.80. The number of aliphatic hydroxyl groups is 1. The number of terminal acetylenes is 1. The molecule has 5 rings (SSSR count). The van der Waals surface area contributed by atoms with Crippen molar-refractivity contribution in [2.75, 3.05) is 127 Å². The highest BCUT2D eigenvalue weighted by atomic mass is 16.5. The number of aromatic nitrogens is 9. The number of carbonyl (C=O) groups excluding carboxylic acids is 2. The van der Waals surface area contributed by atoms with E-state index in [4.69, 9.17) is 41.3 Å². The fraction of sp³-hybridized carbons (Fsp3) is 0.732. The summed E-state index contributed by atoms with van der Waals surface area (Å²) in [6, 6.07) is -0.965. The van der Waals surface area contributed by atoms with Crippen molar-refractivity contribution in [2.45, 2.75) is 77.8 Å². The van der Waals surface area contributed by atoms with Gasteiger partial charge < -0.3 is 50.0 Å². The van der Waals surface area contributed by atoms with Gasteiger partial charge in [-0.2, -0.15) is 15.0 Å². The first kappa shape index (κ1) is 48.0. The van der Waals surface area contributed by atoms with Gasteiger partial charge in [-0.3, -0.25) is 9.59 Å². The number of amides is 2. The van der Waals surface area contributed by atoms with Gasteiger partial charge in [-0.1, -0.05) is 43.5 Å². The molecule has 2 atom stereocenters. The molecule has 4 N–H and O–H groups in total. The molecule has 0 spiro atoms. The van der Waals surface area contributed by atoms with E-state index >= 15 is 0 Å². The van der Waals surface area contributed by atoms with Crippen molar-refractivity contribution in [1.82, 2.24) is 54.7 Å². The molecule has 2 saturated heterocycles. The number of carbonyl (C=O) groups is 2. The van der Waals surface area contributed by atoms with Gasteiger partial charge in [-0.25, -0.2) is 9.36 Å². The molecule has 342 valence electrons. The van der Waals surface area contributed by atoms with Crippen LogP contribution in [0.4, 0.5) is 17.8 Å². The van der Waals surface area contributed by atoms with Gasteiger partial charge in [-0.05, 0) is 44.6 Å². The Morgan fingerprint density at radius 3 is 1.97 bits per heavy atom. The summed E-state index contributed by atoms with van der Waals surface area (Å²) in [5.41, 5.74) is 7.35. The first-order valence-electron chi connectivity index (χ1n) is 22.1. The van der Waals surface area contributed by atoms with Gasteiger partial charge in [0, 0.05) is 84.3 Å². The lowest BCUT2D eigenvalue weighted by molar-refractivity contribution is -0.137. The lowest BCUT2D eigenvalue weighted by Gasteiger charge is -2.38. The molecule has 0 radical (unpaired) electrons. The zero-order valence-electron chi connectivity index (χ0n) is 36.8. The average molecular weight is 866 g/mol. The van der Waals surface area contributed by atoms with Crippen molar-refractivity contribution < 1.29 is 28.9 Å². The van der Waals surface area contributed by atoms with E-state index in [1.54, 1.807) is 15.6 Å². The van der Waals surface area contributed by atoms with E-state index in [0.29, 0.717) is 135 Å². The van der Waals surface area contributed by atoms with E-state index in [2.05, 4.69) is 48.6 Å². The smallest absolute Gasteiger partial charge is 0.247 e. The van der Waals surface area contributed by atoms with Gasteiger partial charge in [0.1, 0.15) is 18.7 Å². The molecule has 0 aromatic carbocycles. The summed E-state index contributed by atoms with van der Waals surface area (Å²) in [7, 11) is 0. The van der Waals surface area contributed by atoms with Crippen LogP contribution in [0.2, 0.25) is 0 Å². The van der Waals surface area contributed by atoms with E-state index in [1.807, 2.05) is 29.8 Å². The fourth-order valence-electron chi connectivity index (χ4n) is 7.34. The Labute approximate surface area is 365 Å². The third-order valence-electron chi connectivity index (χ3n) is 10.8. The third kappa shape index (κ3) is 14.3. The molecular weight excluding hydrogens is 799 g/mol. The van der Waals surface area contributed by atoms with Crippen LogP contribution in [0.15, 0.2) is 12.4 Å². The van der Waals surface area contributed by atoms with E-state index in [-0.39, 0.29) is 30.9 Å². The van der Waals surface area contributed by atoms with Crippen LogP contribution in [0, 0.1) is 18.3 Å². The summed E-state index contributed by atoms with van der Waals surface area (Å²) < 4.78 is 19.9. The minimum absolute atomic E-state index is 0.0245. The van der Waals surface area contributed by atoms with E-state index in [1.165, 1.54) is 0 Å². The van der Waals surface area contributed by atoms with Crippen molar-refractivity contribution in [3.8, 4) is 12.3 Å². The number of nitrogens with two attached hydrogens (primary N) is 1. The monoisotopic (exact) mass is 866 g/mol. The molecule has 21 nitrogen and oxygen atoms in total. The zero-order chi connectivity index (χ0) is 44.1. The lowest BCUT2D eigenvalue weighted by atomic mass is 10.0. The Hall–Kier alpha value is -5.01. The molecule has 2 amide bonds. The Morgan fingerprint density at radius 2 is 1.37 bits per heavy atom. The predicted molar refractivity (Wildman–Crippen MR) is 232 cm³/mol. The van der Waals surface area contributed by atoms with E-state index in [0.717, 1.165) is 37.8 Å². The molecule has 0 bridgehead atoms. The van der Waals surface area contributed by atoms with Crippen molar-refractivity contribution in [1.29, 1.82) is 0 Å². The molecule has 0 aliphatic carbocycles. The Morgan fingerprint density at radius 1 is 0.790 bits per heavy atom. The summed E-state index contributed by atoms with van der Waals surface area (Å²) in [6.07, 6.45) is 14.4. The number of nitrogens with one attached hydrogen (secondary N) is 1. The van der Waals surface area contributed by atoms with Crippen LogP contribution < -0.4 is 20.9 Å². The van der Waals surface area contributed by atoms with Gasteiger partial charge in [0.15, 0.2) is 0 Å². The largest absolute Gasteiger partial charge is 0.396 e. The molecule has 3 aromatic heterocycles. The number of aliphatic hydroxyl groups excluding tert-OH is 1. The summed E-state index contributed by atoms with van der Waals surface area (Å²) in [6.45, 7) is 13.5. The molecule has 3 aromatic rings. The highest BCUT2D eigenvalue weighted by molar-refractivity contribution is 5.81. The van der Waals surface area contributed by atoms with Crippen LogP contribution in [0.5, 0.6) is 0 Å². The van der Waals surface area contributed by atoms with Crippen LogP contribution >= 0.6 is 0 Å². The van der Waals surface area contributed by atoms with Gasteiger partial charge >= 0.3 is 0 Å². The van der Waals surface area contributed by atoms with Gasteiger partial charge in [0.05, 0.1) is 44.4 Å². The molecule has 5 heterocycles. The standard InChI is InChI=1S/C41H67N15O6/c1-5-7-10-33-30-55(49-47-33)35(11-8-9-13-42)37(58)51-15-19-53(20-16-51)40-44-39(43-14-25-61-27-29-62-28-26-60-24-6-2)45-41(46-40)54-21-17-52(18-22-54)38(59)36(32(3)4)56-31-34(12-23-57)48-50-56/h2,30-32,35-36,57H,5,7-29,42H2,1,3-4H3,(H,43,44,45,46)/t35-,36+/m0/s1. The minimum atomic E-state index is -0.519. The second-order valence-corrected chi connectivity index (χ2v) is 15.7. The highest BCUT2D eigenvalue weighted by Crippen LogP contribution is 2.25. The van der Waals surface area contributed by atoms with Crippen molar-refractivity contribution in [3.05, 3.63) is 23.8 Å². The number of hydrogen-bond acceptors (Lipinski definition) is 17. The predicted octanol–water partition coefficient (Wildman–Crippen LogP) is 0.592. The molecule has 2 aliphatic rings. The highest BCUT2D eigenvalue weighted by Gasteiger charge is 2.34. The van der Waals surface area contributed by atoms with E-state index < -0.39 is 12.1 Å². The lowest BCUT2D eigenvalue weighted by Crippen LogP contribution is -2.52. The van der Waals surface area contributed by atoms with Gasteiger partial charge in [0.2, 0.25) is 29.7 Å². The van der Waals surface area contributed by atoms with Crippen LogP contribution in [0.25, 0.3) is 0 Å². The topological polar surface area (TPSA) is 233 Å². The SMILES string of the molecule is C#CCOCCOCCOCCNc1nc(N2CCN(C(=O)[C@H](CCCCN)n3cc(CCCC)nn3)CC2)nc(N2CCN(C(=O)[C@@H](C(C)C)n3cc(CCO)nn3)CC2)n1. The number of hydrogen-bond donors (Lipinski definition) is 3. The number of anilines is 3. The first-order chi connectivity index (χ1) is 30.3. The van der Waals surface area contributed by atoms with Gasteiger partial charge in [0.25, 0.3) is 0 Å². The number of nitrogens with zero attached hydrogens (tertiary/aromatic N) is 13. The average Bonchev–Trinajstić information content (AvgIpc) is 3.96. The molecule has 2 fully saturated rings. The maximum atomic E-state index is 14.1. The molecule has 21 heteroatoms. The summed E-state index contributed by atoms with van der Waals surface area (Å²) >= 11 is 0. The van der Waals surface area contributed by atoms with Gasteiger partial charge in [-0.15, -0.1) is 16.6 Å². The molecule has 0 unspecified atom stereocenters. The zero-order valence-corrected chi connectivity index (χ0v) is 36.8. The second-order valence-electron chi connectivity index (χ2n) is 15.7. The molecule has 2 aliphatic heterocycles. The van der Waals surface area contributed by atoms with Crippen molar-refractivity contribution in [2.24, 2.45) is 11.7 Å². The Bertz CT molecular complexity index is 1820. The Balaban J connectivity index is 1.23. The maximum Gasteiger partial charge on any atom is 0.247 e. The molecule has 62 heavy (non-hydrogen) atoms. The van der Waals surface area contributed by atoms with Crippen LogP contribution in [0.3, 0.4) is 0 Å². The number of rotatable bonds is 27. The molecular formula is C41H67N15O6. The van der Waals surface area contributed by atoms with Crippen molar-refractivity contribution in [3.63, 3.8) is 0 Å². The normalized spacial score (nSPS) is 15.6. The van der Waals surface area contributed by atoms with Crippen molar-refractivity contribution >= 4 is 29.7 Å². The number of ether oxygens (including phenoxy) is 3. The van der Waals surface area contributed by atoms with E-state index in [9.17, 15) is 14.7 Å². The summed E-state index contributed by atoms with van der Waals surface area (Å²) in [4.78, 5) is 50.5. The fourth-order valence-corrected chi connectivity index (χ4v) is 7.34. The van der Waals surface area contributed by atoms with Crippen LogP contribution in [-0.4, -0.2) is 183 Å². The first-order valence-corrected chi connectivity index (χ1v) is 22.1. The number of aryl methyl sites for hydroxylation is 1. The number of unbranched alkanes of at least 4 members (excludes halogenated alkanes) is 2. The minimum Gasteiger partial charge on any atom is -0.396 e. The number of piperazine rings is 2. The quantitative estimate of drug-likeness (QED) is 0.0703. The van der Waals surface area contributed by atoms with Crippen LogP contribution in [-0.2, 0) is 36.6 Å².